The van der Waals surface area contributed by atoms with Crippen molar-refractivity contribution in [1.29, 1.82) is 0 Å². The number of nitrogens with one attached hydrogen (secondary N) is 2. The van der Waals surface area contributed by atoms with E-state index in [0.29, 0.717) is 0 Å². The highest BCUT2D eigenvalue weighted by Crippen LogP contribution is 2.23. The second-order valence-electron chi connectivity index (χ2n) is 4.55. The van der Waals surface area contributed by atoms with Crippen molar-refractivity contribution >= 4 is 38.7 Å². The maximum Gasteiger partial charge on any atom is 0.243 e. The summed E-state index contributed by atoms with van der Waals surface area (Å²) in [6.45, 7) is 0.0873. The number of hydrogen-bond acceptors (Lipinski definition) is 3. The molecule has 3 rings (SSSR count). The summed E-state index contributed by atoms with van der Waals surface area (Å²) in [6.07, 6.45) is 0. The number of para-hydroxylation sites is 1. The molecule has 0 saturated heterocycles. The quantitative estimate of drug-likeness (QED) is 0.762. The van der Waals surface area contributed by atoms with Crippen molar-refractivity contribution in [2.75, 3.05) is 17.2 Å². The number of fused-ring (bicyclic) bond motifs is 1. The molecule has 0 bridgehead atoms. The molecule has 0 spiro atoms. The fourth-order valence-electron chi connectivity index (χ4n) is 2.02. The van der Waals surface area contributed by atoms with E-state index in [0.717, 1.165) is 11.1 Å². The van der Waals surface area contributed by atoms with Gasteiger partial charge in [0.1, 0.15) is 5.82 Å². The van der Waals surface area contributed by atoms with Gasteiger partial charge in [-0.3, -0.25) is 4.79 Å². The van der Waals surface area contributed by atoms with E-state index < -0.39 is 5.82 Å². The van der Waals surface area contributed by atoms with Gasteiger partial charge in [0.25, 0.3) is 0 Å². The van der Waals surface area contributed by atoms with Crippen LogP contribution >= 0.6 is 11.3 Å². The van der Waals surface area contributed by atoms with Crippen molar-refractivity contribution in [3.05, 3.63) is 59.7 Å². The zero-order valence-corrected chi connectivity index (χ0v) is 11.9. The van der Waals surface area contributed by atoms with Gasteiger partial charge in [0.05, 0.1) is 12.2 Å². The molecule has 0 aliphatic heterocycles. The highest BCUT2D eigenvalue weighted by Gasteiger charge is 2.06. The molecule has 0 saturated carbocycles. The molecule has 106 valence electrons. The fraction of sp³-hybridized carbons (Fsp3) is 0.0625. The van der Waals surface area contributed by atoms with E-state index in [2.05, 4.69) is 10.6 Å². The van der Waals surface area contributed by atoms with Crippen LogP contribution in [0.15, 0.2) is 53.9 Å². The molecular weight excluding hydrogens is 287 g/mol. The van der Waals surface area contributed by atoms with Crippen molar-refractivity contribution in [3.8, 4) is 0 Å². The molecule has 0 unspecified atom stereocenters. The maximum absolute atomic E-state index is 13.4. The Morgan fingerprint density at radius 1 is 1.14 bits per heavy atom. The molecule has 5 heteroatoms. The molecule has 1 heterocycles. The lowest BCUT2D eigenvalue weighted by Crippen LogP contribution is -2.22. The van der Waals surface area contributed by atoms with E-state index in [1.165, 1.54) is 16.8 Å². The van der Waals surface area contributed by atoms with Gasteiger partial charge in [0.15, 0.2) is 0 Å². The lowest BCUT2D eigenvalue weighted by atomic mass is 10.2. The van der Waals surface area contributed by atoms with Crippen LogP contribution in [0.25, 0.3) is 10.1 Å². The van der Waals surface area contributed by atoms with Gasteiger partial charge < -0.3 is 10.6 Å². The third kappa shape index (κ3) is 3.20. The summed E-state index contributed by atoms with van der Waals surface area (Å²) in [5.74, 6) is -0.726. The summed E-state index contributed by atoms with van der Waals surface area (Å²) in [5, 5.41) is 8.74. The molecule has 2 aromatic carbocycles. The number of rotatable bonds is 4. The van der Waals surface area contributed by atoms with E-state index in [-0.39, 0.29) is 18.1 Å². The second-order valence-corrected chi connectivity index (χ2v) is 5.50. The highest BCUT2D eigenvalue weighted by molar-refractivity contribution is 7.17. The van der Waals surface area contributed by atoms with Crippen molar-refractivity contribution in [3.63, 3.8) is 0 Å². The Kier molecular flexibility index (Phi) is 3.83. The monoisotopic (exact) mass is 300 g/mol. The van der Waals surface area contributed by atoms with Crippen molar-refractivity contribution in [1.82, 2.24) is 0 Å². The molecule has 3 nitrogen and oxygen atoms in total. The third-order valence-corrected chi connectivity index (χ3v) is 3.95. The average Bonchev–Trinajstić information content (AvgIpc) is 2.95. The minimum atomic E-state index is -0.439. The standard InChI is InChI=1S/C16H13FN2OS/c17-13-3-1-2-4-14(13)19-16(20)10-18-12-5-6-15-11(9-12)7-8-21-15/h1-9,18H,10H2,(H,19,20). The van der Waals surface area contributed by atoms with Crippen molar-refractivity contribution in [2.45, 2.75) is 0 Å². The Balaban J connectivity index is 1.61. The lowest BCUT2D eigenvalue weighted by molar-refractivity contribution is -0.114. The molecule has 0 aliphatic rings. The van der Waals surface area contributed by atoms with Crippen molar-refractivity contribution < 1.29 is 9.18 Å². The number of carbonyl (C=O) groups excluding carboxylic acids is 1. The van der Waals surface area contributed by atoms with Gasteiger partial charge in [-0.2, -0.15) is 0 Å². The van der Waals surface area contributed by atoms with Crippen LogP contribution in [0, 0.1) is 5.82 Å². The van der Waals surface area contributed by atoms with Crippen LogP contribution in [-0.4, -0.2) is 12.5 Å². The number of hydrogen-bond donors (Lipinski definition) is 2. The van der Waals surface area contributed by atoms with E-state index >= 15 is 0 Å². The number of thiophene rings is 1. The van der Waals surface area contributed by atoms with Gasteiger partial charge in [0.2, 0.25) is 5.91 Å². The average molecular weight is 300 g/mol. The zero-order chi connectivity index (χ0) is 14.7. The third-order valence-electron chi connectivity index (χ3n) is 3.05. The summed E-state index contributed by atoms with van der Waals surface area (Å²) in [6, 6.07) is 14.1. The van der Waals surface area contributed by atoms with Gasteiger partial charge in [-0.15, -0.1) is 11.3 Å². The minimum absolute atomic E-state index is 0.0873. The smallest absolute Gasteiger partial charge is 0.243 e. The summed E-state index contributed by atoms with van der Waals surface area (Å²) < 4.78 is 14.6. The fourth-order valence-corrected chi connectivity index (χ4v) is 2.79. The van der Waals surface area contributed by atoms with Gasteiger partial charge >= 0.3 is 0 Å². The van der Waals surface area contributed by atoms with E-state index in [9.17, 15) is 9.18 Å². The summed E-state index contributed by atoms with van der Waals surface area (Å²) in [7, 11) is 0. The van der Waals surface area contributed by atoms with Crippen LogP contribution < -0.4 is 10.6 Å². The van der Waals surface area contributed by atoms with Crippen LogP contribution in [0.1, 0.15) is 0 Å². The predicted octanol–water partition coefficient (Wildman–Crippen LogP) is 4.09. The first-order valence-corrected chi connectivity index (χ1v) is 7.36. The Labute approximate surface area is 125 Å². The SMILES string of the molecule is O=C(CNc1ccc2sccc2c1)Nc1ccccc1F. The molecule has 0 radical (unpaired) electrons. The molecule has 0 fully saturated rings. The highest BCUT2D eigenvalue weighted by atomic mass is 32.1. The largest absolute Gasteiger partial charge is 0.376 e. The molecule has 0 atom stereocenters. The lowest BCUT2D eigenvalue weighted by Gasteiger charge is -2.08. The van der Waals surface area contributed by atoms with E-state index in [1.807, 2.05) is 29.6 Å². The molecular formula is C16H13FN2OS. The van der Waals surface area contributed by atoms with Crippen LogP contribution in [-0.2, 0) is 4.79 Å². The molecule has 3 aromatic rings. The van der Waals surface area contributed by atoms with Gasteiger partial charge in [0, 0.05) is 10.4 Å². The summed E-state index contributed by atoms with van der Waals surface area (Å²) in [5.41, 5.74) is 1.06. The Morgan fingerprint density at radius 2 is 2.00 bits per heavy atom. The molecule has 1 amide bonds. The van der Waals surface area contributed by atoms with Crippen molar-refractivity contribution in [2.24, 2.45) is 0 Å². The number of carbonyl (C=O) groups is 1. The van der Waals surface area contributed by atoms with Crippen LogP contribution in [0.4, 0.5) is 15.8 Å². The minimum Gasteiger partial charge on any atom is -0.376 e. The first kappa shape index (κ1) is 13.6. The van der Waals surface area contributed by atoms with Gasteiger partial charge in [-0.1, -0.05) is 12.1 Å². The van der Waals surface area contributed by atoms with Crippen LogP contribution in [0.2, 0.25) is 0 Å². The molecule has 2 N–H and O–H groups in total. The second kappa shape index (κ2) is 5.93. The van der Waals surface area contributed by atoms with E-state index in [4.69, 9.17) is 0 Å². The Bertz CT molecular complexity index is 785. The summed E-state index contributed by atoms with van der Waals surface area (Å²) >= 11 is 1.68. The van der Waals surface area contributed by atoms with E-state index in [1.54, 1.807) is 23.5 Å². The predicted molar refractivity (Wildman–Crippen MR) is 85.3 cm³/mol. The number of halogens is 1. The number of anilines is 2. The number of amides is 1. The normalized spacial score (nSPS) is 10.5. The first-order chi connectivity index (χ1) is 10.2. The number of benzene rings is 2. The molecule has 0 aliphatic carbocycles. The zero-order valence-electron chi connectivity index (χ0n) is 11.1. The molecule has 21 heavy (non-hydrogen) atoms. The van der Waals surface area contributed by atoms with Crippen LogP contribution in [0.5, 0.6) is 0 Å². The Hall–Kier alpha value is -2.40. The first-order valence-electron chi connectivity index (χ1n) is 6.48. The van der Waals surface area contributed by atoms with Gasteiger partial charge in [-0.25, -0.2) is 4.39 Å². The van der Waals surface area contributed by atoms with Crippen LogP contribution in [0.3, 0.4) is 0 Å². The maximum atomic E-state index is 13.4. The Morgan fingerprint density at radius 3 is 2.86 bits per heavy atom. The summed E-state index contributed by atoms with van der Waals surface area (Å²) in [4.78, 5) is 11.8. The molecule has 1 aromatic heterocycles. The topological polar surface area (TPSA) is 41.1 Å². The van der Waals surface area contributed by atoms with Gasteiger partial charge in [-0.05, 0) is 47.2 Å².